The average molecular weight is 339 g/mol. The third-order valence-electron chi connectivity index (χ3n) is 3.57. The van der Waals surface area contributed by atoms with E-state index in [9.17, 15) is 12.8 Å². The number of benzene rings is 1. The zero-order valence-corrected chi connectivity index (χ0v) is 13.4. The fourth-order valence-electron chi connectivity index (χ4n) is 2.46. The third-order valence-corrected chi connectivity index (χ3v) is 5.52. The summed E-state index contributed by atoms with van der Waals surface area (Å²) >= 11 is 0. The first kappa shape index (κ1) is 18.2. The minimum Gasteiger partial charge on any atom is -0.494 e. The van der Waals surface area contributed by atoms with E-state index in [1.54, 1.807) is 0 Å². The van der Waals surface area contributed by atoms with E-state index in [1.165, 1.54) is 23.5 Å². The van der Waals surface area contributed by atoms with Crippen LogP contribution in [-0.4, -0.2) is 39.0 Å². The summed E-state index contributed by atoms with van der Waals surface area (Å²) in [5, 5.41) is 0. The maximum atomic E-state index is 13.4. The number of ether oxygens (including phenoxy) is 1. The second-order valence-corrected chi connectivity index (χ2v) is 6.69. The van der Waals surface area contributed by atoms with Gasteiger partial charge in [-0.2, -0.15) is 4.31 Å². The Labute approximate surface area is 130 Å². The number of halogens is 2. The Kier molecular flexibility index (Phi) is 6.40. The van der Waals surface area contributed by atoms with Gasteiger partial charge < -0.3 is 10.5 Å². The fourth-order valence-corrected chi connectivity index (χ4v) is 4.18. The number of piperidine rings is 1. The van der Waals surface area contributed by atoms with Crippen LogP contribution < -0.4 is 10.5 Å². The molecule has 1 aromatic rings. The molecule has 1 aromatic carbocycles. The first-order chi connectivity index (χ1) is 9.50. The molecule has 1 saturated heterocycles. The SMILES string of the molecule is COc1cc(S(=O)(=O)N2CCCCC2CN)ccc1F.Cl. The number of nitrogens with two attached hydrogens (primary N) is 1. The minimum absolute atomic E-state index is 0. The molecule has 1 unspecified atom stereocenters. The summed E-state index contributed by atoms with van der Waals surface area (Å²) in [5.41, 5.74) is 5.66. The van der Waals surface area contributed by atoms with Gasteiger partial charge in [-0.1, -0.05) is 6.42 Å². The van der Waals surface area contributed by atoms with Crippen molar-refractivity contribution in [1.29, 1.82) is 0 Å². The molecule has 8 heteroatoms. The van der Waals surface area contributed by atoms with Gasteiger partial charge in [0.25, 0.3) is 0 Å². The van der Waals surface area contributed by atoms with Gasteiger partial charge in [-0.25, -0.2) is 12.8 Å². The van der Waals surface area contributed by atoms with E-state index in [4.69, 9.17) is 10.5 Å². The van der Waals surface area contributed by atoms with Crippen LogP contribution in [0.2, 0.25) is 0 Å². The fraction of sp³-hybridized carbons (Fsp3) is 0.538. The van der Waals surface area contributed by atoms with Gasteiger partial charge in [0.1, 0.15) is 0 Å². The minimum atomic E-state index is -3.67. The molecule has 1 aliphatic heterocycles. The van der Waals surface area contributed by atoms with E-state index in [1.807, 2.05) is 0 Å². The molecule has 1 fully saturated rings. The molecule has 0 aliphatic carbocycles. The van der Waals surface area contributed by atoms with Gasteiger partial charge >= 0.3 is 0 Å². The molecule has 0 aromatic heterocycles. The Morgan fingerprint density at radius 3 is 2.76 bits per heavy atom. The summed E-state index contributed by atoms with van der Waals surface area (Å²) in [6, 6.07) is 3.39. The number of sulfonamides is 1. The summed E-state index contributed by atoms with van der Waals surface area (Å²) in [6.07, 6.45) is 2.54. The Hall–Kier alpha value is -0.890. The molecule has 21 heavy (non-hydrogen) atoms. The van der Waals surface area contributed by atoms with Crippen LogP contribution in [0.4, 0.5) is 4.39 Å². The maximum Gasteiger partial charge on any atom is 0.243 e. The van der Waals surface area contributed by atoms with Gasteiger partial charge in [-0.15, -0.1) is 12.4 Å². The molecule has 1 heterocycles. The van der Waals surface area contributed by atoms with Gasteiger partial charge in [0.05, 0.1) is 12.0 Å². The predicted molar refractivity (Wildman–Crippen MR) is 80.8 cm³/mol. The normalized spacial score (nSPS) is 19.9. The van der Waals surface area contributed by atoms with Gasteiger partial charge in [-0.3, -0.25) is 0 Å². The molecule has 0 bridgehead atoms. The lowest BCUT2D eigenvalue weighted by Crippen LogP contribution is -2.47. The Bertz CT molecular complexity index is 583. The van der Waals surface area contributed by atoms with Crippen LogP contribution in [0, 0.1) is 5.82 Å². The van der Waals surface area contributed by atoms with Gasteiger partial charge in [0.15, 0.2) is 11.6 Å². The van der Waals surface area contributed by atoms with E-state index in [2.05, 4.69) is 0 Å². The predicted octanol–water partition coefficient (Wildman–Crippen LogP) is 1.76. The van der Waals surface area contributed by atoms with E-state index in [-0.39, 0.29) is 35.6 Å². The molecule has 1 atom stereocenters. The van der Waals surface area contributed by atoms with E-state index >= 15 is 0 Å². The second-order valence-electron chi connectivity index (χ2n) is 4.80. The summed E-state index contributed by atoms with van der Waals surface area (Å²) < 4.78 is 44.9. The highest BCUT2D eigenvalue weighted by atomic mass is 35.5. The van der Waals surface area contributed by atoms with Crippen molar-refractivity contribution in [1.82, 2.24) is 4.31 Å². The third kappa shape index (κ3) is 3.66. The number of hydrogen-bond acceptors (Lipinski definition) is 4. The molecule has 2 rings (SSSR count). The van der Waals surface area contributed by atoms with Crippen LogP contribution in [0.25, 0.3) is 0 Å². The molecule has 0 radical (unpaired) electrons. The van der Waals surface area contributed by atoms with Crippen molar-refractivity contribution in [3.8, 4) is 5.75 Å². The van der Waals surface area contributed by atoms with Gasteiger partial charge in [0.2, 0.25) is 10.0 Å². The first-order valence-electron chi connectivity index (χ1n) is 6.56. The van der Waals surface area contributed by atoms with E-state index in [0.717, 1.165) is 25.3 Å². The highest BCUT2D eigenvalue weighted by molar-refractivity contribution is 7.89. The summed E-state index contributed by atoms with van der Waals surface area (Å²) in [5.74, 6) is -0.659. The van der Waals surface area contributed by atoms with Crippen molar-refractivity contribution in [3.63, 3.8) is 0 Å². The van der Waals surface area contributed by atoms with Crippen LogP contribution in [0.5, 0.6) is 5.75 Å². The van der Waals surface area contributed by atoms with Crippen molar-refractivity contribution in [2.24, 2.45) is 5.73 Å². The zero-order valence-electron chi connectivity index (χ0n) is 11.8. The molecule has 0 spiro atoms. The lowest BCUT2D eigenvalue weighted by molar-refractivity contribution is 0.257. The number of hydrogen-bond donors (Lipinski definition) is 1. The molecule has 2 N–H and O–H groups in total. The Morgan fingerprint density at radius 2 is 2.14 bits per heavy atom. The molecule has 5 nitrogen and oxygen atoms in total. The summed E-state index contributed by atoms with van der Waals surface area (Å²) in [4.78, 5) is 0.0381. The highest BCUT2D eigenvalue weighted by Gasteiger charge is 2.33. The maximum absolute atomic E-state index is 13.4. The number of rotatable bonds is 4. The van der Waals surface area contributed by atoms with E-state index in [0.29, 0.717) is 6.54 Å². The highest BCUT2D eigenvalue weighted by Crippen LogP contribution is 2.28. The monoisotopic (exact) mass is 338 g/mol. The average Bonchev–Trinajstić information content (AvgIpc) is 2.47. The molecular weight excluding hydrogens is 319 g/mol. The Balaban J connectivity index is 0.00000220. The van der Waals surface area contributed by atoms with Crippen LogP contribution >= 0.6 is 12.4 Å². The molecule has 0 amide bonds. The zero-order chi connectivity index (χ0) is 14.8. The molecule has 120 valence electrons. The van der Waals surface area contributed by atoms with Crippen LogP contribution in [-0.2, 0) is 10.0 Å². The molecule has 0 saturated carbocycles. The van der Waals surface area contributed by atoms with Crippen molar-refractivity contribution in [2.45, 2.75) is 30.2 Å². The van der Waals surface area contributed by atoms with Crippen LogP contribution in [0.15, 0.2) is 23.1 Å². The first-order valence-corrected chi connectivity index (χ1v) is 8.00. The lowest BCUT2D eigenvalue weighted by Gasteiger charge is -2.33. The van der Waals surface area contributed by atoms with Gasteiger partial charge in [-0.05, 0) is 25.0 Å². The van der Waals surface area contributed by atoms with Crippen LogP contribution in [0.1, 0.15) is 19.3 Å². The van der Waals surface area contributed by atoms with E-state index < -0.39 is 15.8 Å². The number of methoxy groups -OCH3 is 1. The van der Waals surface area contributed by atoms with Gasteiger partial charge in [0, 0.05) is 25.2 Å². The van der Waals surface area contributed by atoms with Crippen molar-refractivity contribution < 1.29 is 17.5 Å². The van der Waals surface area contributed by atoms with Crippen molar-refractivity contribution in [3.05, 3.63) is 24.0 Å². The molecule has 1 aliphatic rings. The number of nitrogens with zero attached hydrogens (tertiary/aromatic N) is 1. The standard InChI is InChI=1S/C13H19FN2O3S.ClH/c1-19-13-8-11(5-6-12(13)14)20(17,18)16-7-3-2-4-10(16)9-15;/h5-6,8,10H,2-4,7,9,15H2,1H3;1H. The molecular formula is C13H20ClFN2O3S. The quantitative estimate of drug-likeness (QED) is 0.908. The Morgan fingerprint density at radius 1 is 1.43 bits per heavy atom. The summed E-state index contributed by atoms with van der Waals surface area (Å²) in [7, 11) is -2.36. The topological polar surface area (TPSA) is 72.6 Å². The lowest BCUT2D eigenvalue weighted by atomic mass is 10.1. The second kappa shape index (κ2) is 7.40. The van der Waals surface area contributed by atoms with Crippen molar-refractivity contribution >= 4 is 22.4 Å². The van der Waals surface area contributed by atoms with Crippen molar-refractivity contribution in [2.75, 3.05) is 20.2 Å². The largest absolute Gasteiger partial charge is 0.494 e. The van der Waals surface area contributed by atoms with Crippen LogP contribution in [0.3, 0.4) is 0 Å². The summed E-state index contributed by atoms with van der Waals surface area (Å²) in [6.45, 7) is 0.738. The smallest absolute Gasteiger partial charge is 0.243 e.